The monoisotopic (exact) mass is 484 g/mol. The molecule has 2 aromatic carbocycles. The van der Waals surface area contributed by atoms with Crippen LogP contribution in [0, 0.1) is 5.82 Å². The van der Waals surface area contributed by atoms with E-state index in [-0.39, 0.29) is 6.42 Å². The molecule has 2 N–H and O–H groups in total. The van der Waals surface area contributed by atoms with Crippen LogP contribution in [0.4, 0.5) is 10.1 Å². The molecule has 2 rings (SSSR count). The van der Waals surface area contributed by atoms with Gasteiger partial charge in [-0.2, -0.15) is 16.5 Å². The highest BCUT2D eigenvalue weighted by Gasteiger charge is 2.27. The highest BCUT2D eigenvalue weighted by molar-refractivity contribution is 7.98. The van der Waals surface area contributed by atoms with Crippen molar-refractivity contribution in [2.75, 3.05) is 37.1 Å². The van der Waals surface area contributed by atoms with Crippen molar-refractivity contribution in [1.29, 1.82) is 0 Å². The Morgan fingerprint density at radius 2 is 1.88 bits per heavy atom. The van der Waals surface area contributed by atoms with Crippen LogP contribution >= 0.6 is 11.8 Å². The van der Waals surface area contributed by atoms with E-state index in [2.05, 4.69) is 10.0 Å². The summed E-state index contributed by atoms with van der Waals surface area (Å²) in [5.74, 6) is -0.847. The molecule has 0 spiro atoms. The Morgan fingerprint density at radius 3 is 2.59 bits per heavy atom. The number of benzene rings is 2. The van der Waals surface area contributed by atoms with E-state index in [9.17, 15) is 17.6 Å². The lowest BCUT2D eigenvalue weighted by molar-refractivity contribution is -0.117. The van der Waals surface area contributed by atoms with E-state index >= 15 is 0 Å². The van der Waals surface area contributed by atoms with Gasteiger partial charge < -0.3 is 14.8 Å². The molecule has 1 atom stereocenters. The van der Waals surface area contributed by atoms with Gasteiger partial charge in [-0.15, -0.1) is 0 Å². The number of halogens is 1. The molecule has 32 heavy (non-hydrogen) atoms. The Balaban J connectivity index is 2.06. The quantitative estimate of drug-likeness (QED) is 0.399. The van der Waals surface area contributed by atoms with Crippen LogP contribution in [-0.4, -0.2) is 52.2 Å². The molecular weight excluding hydrogens is 455 g/mol. The molecule has 0 fully saturated rings. The van der Waals surface area contributed by atoms with Crippen molar-refractivity contribution >= 4 is 33.4 Å². The average molecular weight is 485 g/mol. The molecule has 10 heteroatoms. The molecule has 1 unspecified atom stereocenters. The van der Waals surface area contributed by atoms with Gasteiger partial charge in [0.25, 0.3) is 0 Å². The van der Waals surface area contributed by atoms with E-state index in [1.165, 1.54) is 23.9 Å². The van der Waals surface area contributed by atoms with Gasteiger partial charge in [-0.3, -0.25) is 4.79 Å². The summed E-state index contributed by atoms with van der Waals surface area (Å²) in [6.07, 6.45) is 2.11. The maximum absolute atomic E-state index is 14.0. The lowest BCUT2D eigenvalue weighted by Crippen LogP contribution is -2.44. The van der Waals surface area contributed by atoms with E-state index in [1.54, 1.807) is 18.2 Å². The molecule has 0 aromatic heterocycles. The van der Waals surface area contributed by atoms with Crippen molar-refractivity contribution in [2.24, 2.45) is 0 Å². The average Bonchev–Trinajstić information content (AvgIpc) is 2.77. The summed E-state index contributed by atoms with van der Waals surface area (Å²) in [5, 5.41) is 2.74. The number of sulfonamides is 1. The van der Waals surface area contributed by atoms with Crippen LogP contribution in [0.25, 0.3) is 0 Å². The van der Waals surface area contributed by atoms with Crippen LogP contribution < -0.4 is 10.0 Å². The number of carbonyl (C=O) groups excluding carboxylic acids is 1. The highest BCUT2D eigenvalue weighted by Crippen LogP contribution is 2.17. The zero-order valence-electron chi connectivity index (χ0n) is 18.2. The molecule has 176 valence electrons. The summed E-state index contributed by atoms with van der Waals surface area (Å²) in [5.41, 5.74) is 1.37. The summed E-state index contributed by atoms with van der Waals surface area (Å²) >= 11 is 1.48. The molecule has 0 bridgehead atoms. The van der Waals surface area contributed by atoms with Crippen molar-refractivity contribution in [3.63, 3.8) is 0 Å². The van der Waals surface area contributed by atoms with Crippen LogP contribution in [0.2, 0.25) is 0 Å². The highest BCUT2D eigenvalue weighted by atomic mass is 32.2. The first-order chi connectivity index (χ1) is 15.4. The second kappa shape index (κ2) is 13.5. The number of amides is 1. The molecule has 1 amide bonds. The first-order valence-electron chi connectivity index (χ1n) is 10.2. The van der Waals surface area contributed by atoms with Gasteiger partial charge in [0.05, 0.1) is 19.8 Å². The third-order valence-electron chi connectivity index (χ3n) is 4.39. The lowest BCUT2D eigenvalue weighted by Gasteiger charge is -2.19. The molecular formula is C22H29FN2O5S2. The van der Waals surface area contributed by atoms with Crippen LogP contribution in [0.15, 0.2) is 53.4 Å². The number of nitrogens with one attached hydrogen (secondary N) is 2. The molecule has 0 saturated carbocycles. The van der Waals surface area contributed by atoms with Crippen molar-refractivity contribution in [3.05, 3.63) is 59.9 Å². The van der Waals surface area contributed by atoms with E-state index in [0.29, 0.717) is 37.9 Å². The predicted octanol–water partition coefficient (Wildman–Crippen LogP) is 3.42. The normalized spacial score (nSPS) is 12.5. The van der Waals surface area contributed by atoms with Crippen LogP contribution in [0.3, 0.4) is 0 Å². The fraction of sp³-hybridized carbons (Fsp3) is 0.409. The minimum Gasteiger partial charge on any atom is -0.379 e. The zero-order valence-corrected chi connectivity index (χ0v) is 19.8. The maximum atomic E-state index is 14.0. The fourth-order valence-electron chi connectivity index (χ4n) is 2.81. The Hall–Kier alpha value is -1.98. The SMILES string of the molecule is CCOCCOCc1cccc(NC(=O)C(CCSC)NS(=O)(=O)c2ccccc2F)c1. The minimum absolute atomic E-state index is 0.251. The molecule has 0 aliphatic carbocycles. The van der Waals surface area contributed by atoms with Gasteiger partial charge in [0.2, 0.25) is 15.9 Å². The summed E-state index contributed by atoms with van der Waals surface area (Å²) < 4.78 is 52.4. The molecule has 0 radical (unpaired) electrons. The molecule has 7 nitrogen and oxygen atoms in total. The second-order valence-corrected chi connectivity index (χ2v) is 9.49. The first kappa shape index (κ1) is 26.3. The molecule has 0 aliphatic heterocycles. The van der Waals surface area contributed by atoms with Crippen LogP contribution in [0.1, 0.15) is 18.9 Å². The number of anilines is 1. The zero-order chi connectivity index (χ0) is 23.4. The standard InChI is InChI=1S/C22H29FN2O5S2/c1-3-29-12-13-30-16-17-7-6-8-18(15-17)24-22(26)20(11-14-31-2)25-32(27,28)21-10-5-4-9-19(21)23/h4-10,15,20,25H,3,11-14,16H2,1-2H3,(H,24,26). The largest absolute Gasteiger partial charge is 0.379 e. The van der Waals surface area contributed by atoms with Gasteiger partial charge in [0, 0.05) is 12.3 Å². The van der Waals surface area contributed by atoms with E-state index in [1.807, 2.05) is 19.2 Å². The van der Waals surface area contributed by atoms with Crippen LogP contribution in [0.5, 0.6) is 0 Å². The second-order valence-electron chi connectivity index (χ2n) is 6.82. The Labute approximate surface area is 193 Å². The van der Waals surface area contributed by atoms with Crippen molar-refractivity contribution in [1.82, 2.24) is 4.72 Å². The van der Waals surface area contributed by atoms with Gasteiger partial charge in [0.1, 0.15) is 16.8 Å². The predicted molar refractivity (Wildman–Crippen MR) is 125 cm³/mol. The number of rotatable bonds is 14. The maximum Gasteiger partial charge on any atom is 0.244 e. The number of thioether (sulfide) groups is 1. The third kappa shape index (κ3) is 8.51. The van der Waals surface area contributed by atoms with Gasteiger partial charge >= 0.3 is 0 Å². The van der Waals surface area contributed by atoms with Gasteiger partial charge in [-0.25, -0.2) is 12.8 Å². The third-order valence-corrected chi connectivity index (χ3v) is 6.54. The number of hydrogen-bond acceptors (Lipinski definition) is 6. The summed E-state index contributed by atoms with van der Waals surface area (Å²) in [6.45, 7) is 3.86. The van der Waals surface area contributed by atoms with Crippen molar-refractivity contribution in [2.45, 2.75) is 30.9 Å². The fourth-order valence-corrected chi connectivity index (χ4v) is 4.59. The minimum atomic E-state index is -4.21. The number of carbonyl (C=O) groups is 1. The molecule has 0 aliphatic rings. The summed E-state index contributed by atoms with van der Waals surface area (Å²) in [7, 11) is -4.21. The summed E-state index contributed by atoms with van der Waals surface area (Å²) in [4.78, 5) is 12.4. The number of hydrogen-bond donors (Lipinski definition) is 2. The van der Waals surface area contributed by atoms with Crippen molar-refractivity contribution in [3.8, 4) is 0 Å². The number of ether oxygens (including phenoxy) is 2. The smallest absolute Gasteiger partial charge is 0.244 e. The van der Waals surface area contributed by atoms with Gasteiger partial charge in [0.15, 0.2) is 0 Å². The van der Waals surface area contributed by atoms with E-state index in [4.69, 9.17) is 9.47 Å². The Kier molecular flexibility index (Phi) is 11.1. The Morgan fingerprint density at radius 1 is 1.12 bits per heavy atom. The first-order valence-corrected chi connectivity index (χ1v) is 13.1. The molecule has 0 saturated heterocycles. The van der Waals surface area contributed by atoms with Crippen LogP contribution in [-0.2, 0) is 30.9 Å². The lowest BCUT2D eigenvalue weighted by atomic mass is 10.2. The molecule has 0 heterocycles. The molecule has 2 aromatic rings. The van der Waals surface area contributed by atoms with Gasteiger partial charge in [-0.05, 0) is 55.2 Å². The van der Waals surface area contributed by atoms with E-state index in [0.717, 1.165) is 17.7 Å². The van der Waals surface area contributed by atoms with Crippen molar-refractivity contribution < 1.29 is 27.1 Å². The topological polar surface area (TPSA) is 93.7 Å². The van der Waals surface area contributed by atoms with Gasteiger partial charge in [-0.1, -0.05) is 24.3 Å². The van der Waals surface area contributed by atoms with E-state index < -0.39 is 32.7 Å². The summed E-state index contributed by atoms with van der Waals surface area (Å²) in [6, 6.07) is 11.1. The Bertz CT molecular complexity index is 972.